The number of aromatic carboxylic acids is 1. The maximum atomic E-state index is 12.9. The number of benzene rings is 2. The van der Waals surface area contributed by atoms with Gasteiger partial charge in [0.05, 0.1) is 16.5 Å². The van der Waals surface area contributed by atoms with Gasteiger partial charge in [-0.2, -0.15) is 0 Å². The standard InChI is InChI=1S/C22H22N2O3S/c1-4-11-24-20(25)19(13-16-6-5-14(2)15(3)12-16)28-22(24)23-18-9-7-17(8-10-18)21(26)27/h4-10,12,19H,1,11,13H2,2-3H3,(H,26,27). The summed E-state index contributed by atoms with van der Waals surface area (Å²) < 4.78 is 0. The number of carboxylic acids is 1. The van der Waals surface area contributed by atoms with Crippen molar-refractivity contribution in [2.75, 3.05) is 6.54 Å². The number of carbonyl (C=O) groups is 2. The minimum absolute atomic E-state index is 0.0176. The fraction of sp³-hybridized carbons (Fsp3) is 0.227. The van der Waals surface area contributed by atoms with Crippen LogP contribution in [0.3, 0.4) is 0 Å². The summed E-state index contributed by atoms with van der Waals surface area (Å²) in [6, 6.07) is 12.6. The SMILES string of the molecule is C=CCN1C(=O)C(Cc2ccc(C)c(C)c2)SC1=Nc1ccc(C(=O)O)cc1. The van der Waals surface area contributed by atoms with Gasteiger partial charge in [-0.05, 0) is 61.2 Å². The van der Waals surface area contributed by atoms with E-state index < -0.39 is 5.97 Å². The van der Waals surface area contributed by atoms with Crippen molar-refractivity contribution in [3.05, 3.63) is 77.4 Å². The van der Waals surface area contributed by atoms with Crippen LogP contribution in [0.2, 0.25) is 0 Å². The first kappa shape index (κ1) is 19.9. The predicted octanol–water partition coefficient (Wildman–Crippen LogP) is 4.36. The van der Waals surface area contributed by atoms with Gasteiger partial charge in [0, 0.05) is 6.54 Å². The Bertz CT molecular complexity index is 951. The number of nitrogens with zero attached hydrogens (tertiary/aromatic N) is 2. The number of amides is 1. The van der Waals surface area contributed by atoms with Crippen LogP contribution in [0.4, 0.5) is 5.69 Å². The van der Waals surface area contributed by atoms with Crippen LogP contribution >= 0.6 is 11.8 Å². The van der Waals surface area contributed by atoms with E-state index in [1.54, 1.807) is 23.1 Å². The molecule has 28 heavy (non-hydrogen) atoms. The number of hydrogen-bond donors (Lipinski definition) is 1. The number of carboxylic acid groups (broad SMARTS) is 1. The molecular formula is C22H22N2O3S. The second kappa shape index (κ2) is 8.44. The van der Waals surface area contributed by atoms with Gasteiger partial charge in [0.2, 0.25) is 5.91 Å². The highest BCUT2D eigenvalue weighted by Gasteiger charge is 2.37. The molecule has 1 unspecified atom stereocenters. The Kier molecular flexibility index (Phi) is 5.99. The molecule has 2 aromatic rings. The number of aryl methyl sites for hydroxylation is 2. The van der Waals surface area contributed by atoms with Crippen molar-refractivity contribution in [2.24, 2.45) is 4.99 Å². The van der Waals surface area contributed by atoms with Crippen molar-refractivity contribution in [1.82, 2.24) is 4.90 Å². The van der Waals surface area contributed by atoms with E-state index >= 15 is 0 Å². The third-order valence-electron chi connectivity index (χ3n) is 4.66. The molecule has 1 N–H and O–H groups in total. The molecule has 1 aliphatic heterocycles. The largest absolute Gasteiger partial charge is 0.478 e. The Morgan fingerprint density at radius 1 is 1.21 bits per heavy atom. The Morgan fingerprint density at radius 3 is 2.54 bits per heavy atom. The Morgan fingerprint density at radius 2 is 1.93 bits per heavy atom. The van der Waals surface area contributed by atoms with E-state index in [9.17, 15) is 9.59 Å². The van der Waals surface area contributed by atoms with Crippen LogP contribution in [0.25, 0.3) is 0 Å². The predicted molar refractivity (Wildman–Crippen MR) is 113 cm³/mol. The van der Waals surface area contributed by atoms with Gasteiger partial charge in [-0.15, -0.1) is 6.58 Å². The number of aliphatic imine (C=N–C) groups is 1. The van der Waals surface area contributed by atoms with Crippen LogP contribution in [-0.4, -0.2) is 38.8 Å². The van der Waals surface area contributed by atoms with Gasteiger partial charge in [-0.25, -0.2) is 9.79 Å². The van der Waals surface area contributed by atoms with Crippen molar-refractivity contribution >= 4 is 34.5 Å². The molecule has 0 bridgehead atoms. The zero-order chi connectivity index (χ0) is 20.3. The molecule has 1 fully saturated rings. The van der Waals surface area contributed by atoms with Crippen molar-refractivity contribution in [1.29, 1.82) is 0 Å². The van der Waals surface area contributed by atoms with Gasteiger partial charge in [0.1, 0.15) is 0 Å². The highest BCUT2D eigenvalue weighted by atomic mass is 32.2. The van der Waals surface area contributed by atoms with Gasteiger partial charge in [0.25, 0.3) is 0 Å². The molecule has 0 spiro atoms. The highest BCUT2D eigenvalue weighted by Crippen LogP contribution is 2.32. The number of rotatable bonds is 6. The first-order chi connectivity index (χ1) is 13.4. The van der Waals surface area contributed by atoms with Crippen molar-refractivity contribution in [3.8, 4) is 0 Å². The van der Waals surface area contributed by atoms with Gasteiger partial charge in [-0.3, -0.25) is 9.69 Å². The molecule has 1 saturated heterocycles. The second-order valence-corrected chi connectivity index (χ2v) is 7.88. The molecule has 2 aromatic carbocycles. The highest BCUT2D eigenvalue weighted by molar-refractivity contribution is 8.15. The van der Waals surface area contributed by atoms with E-state index in [2.05, 4.69) is 43.6 Å². The topological polar surface area (TPSA) is 70.0 Å². The lowest BCUT2D eigenvalue weighted by atomic mass is 10.0. The van der Waals surface area contributed by atoms with E-state index in [0.717, 1.165) is 5.56 Å². The van der Waals surface area contributed by atoms with Crippen LogP contribution in [0.1, 0.15) is 27.0 Å². The van der Waals surface area contributed by atoms with Crippen molar-refractivity contribution < 1.29 is 14.7 Å². The van der Waals surface area contributed by atoms with E-state index in [4.69, 9.17) is 5.11 Å². The minimum atomic E-state index is -0.980. The van der Waals surface area contributed by atoms with E-state index in [1.807, 2.05) is 0 Å². The zero-order valence-electron chi connectivity index (χ0n) is 15.9. The van der Waals surface area contributed by atoms with Gasteiger partial charge < -0.3 is 5.11 Å². The Hall–Kier alpha value is -2.86. The normalized spacial score (nSPS) is 17.9. The van der Waals surface area contributed by atoms with Crippen LogP contribution in [-0.2, 0) is 11.2 Å². The fourth-order valence-corrected chi connectivity index (χ4v) is 4.16. The molecule has 3 rings (SSSR count). The molecule has 0 radical (unpaired) electrons. The molecule has 1 heterocycles. The van der Waals surface area contributed by atoms with Gasteiger partial charge in [0.15, 0.2) is 5.17 Å². The van der Waals surface area contributed by atoms with Crippen molar-refractivity contribution in [3.63, 3.8) is 0 Å². The van der Waals surface area contributed by atoms with Crippen LogP contribution < -0.4 is 0 Å². The first-order valence-electron chi connectivity index (χ1n) is 8.96. The summed E-state index contributed by atoms with van der Waals surface area (Å²) in [6.45, 7) is 8.27. The maximum absolute atomic E-state index is 12.9. The molecule has 1 atom stereocenters. The van der Waals surface area contributed by atoms with Crippen LogP contribution in [0.15, 0.2) is 60.1 Å². The Labute approximate surface area is 168 Å². The summed E-state index contributed by atoms with van der Waals surface area (Å²) in [5, 5.41) is 9.39. The lowest BCUT2D eigenvalue weighted by Gasteiger charge is -2.14. The van der Waals surface area contributed by atoms with E-state index in [1.165, 1.54) is 35.0 Å². The van der Waals surface area contributed by atoms with Crippen LogP contribution in [0, 0.1) is 13.8 Å². The Balaban J connectivity index is 1.84. The second-order valence-electron chi connectivity index (χ2n) is 6.71. The average molecular weight is 394 g/mol. The summed E-state index contributed by atoms with van der Waals surface area (Å²) >= 11 is 1.44. The maximum Gasteiger partial charge on any atom is 0.335 e. The number of thioether (sulfide) groups is 1. The lowest BCUT2D eigenvalue weighted by molar-refractivity contribution is -0.125. The van der Waals surface area contributed by atoms with E-state index in [0.29, 0.717) is 23.8 Å². The third kappa shape index (κ3) is 4.34. The number of carbonyl (C=O) groups excluding carboxylic acids is 1. The smallest absolute Gasteiger partial charge is 0.335 e. The average Bonchev–Trinajstić information content (AvgIpc) is 2.94. The van der Waals surface area contributed by atoms with Gasteiger partial charge in [-0.1, -0.05) is 36.0 Å². The molecule has 0 aromatic heterocycles. The molecule has 0 aliphatic carbocycles. The van der Waals surface area contributed by atoms with Gasteiger partial charge >= 0.3 is 5.97 Å². The lowest BCUT2D eigenvalue weighted by Crippen LogP contribution is -2.32. The zero-order valence-corrected chi connectivity index (χ0v) is 16.7. The minimum Gasteiger partial charge on any atom is -0.478 e. The number of hydrogen-bond acceptors (Lipinski definition) is 4. The number of amidine groups is 1. The summed E-state index contributed by atoms with van der Waals surface area (Å²) in [7, 11) is 0. The quantitative estimate of drug-likeness (QED) is 0.739. The third-order valence-corrected chi connectivity index (χ3v) is 5.84. The molecule has 144 valence electrons. The summed E-state index contributed by atoms with van der Waals surface area (Å²) in [5.74, 6) is -0.963. The summed E-state index contributed by atoms with van der Waals surface area (Å²) in [5.41, 5.74) is 4.38. The molecule has 6 heteroatoms. The molecular weight excluding hydrogens is 372 g/mol. The van der Waals surface area contributed by atoms with E-state index in [-0.39, 0.29) is 16.7 Å². The monoisotopic (exact) mass is 394 g/mol. The fourth-order valence-electron chi connectivity index (χ4n) is 2.96. The summed E-state index contributed by atoms with van der Waals surface area (Å²) in [6.07, 6.45) is 2.31. The molecule has 1 aliphatic rings. The summed E-state index contributed by atoms with van der Waals surface area (Å²) in [4.78, 5) is 30.1. The molecule has 0 saturated carbocycles. The molecule has 1 amide bonds. The van der Waals surface area contributed by atoms with Crippen LogP contribution in [0.5, 0.6) is 0 Å². The molecule has 5 nitrogen and oxygen atoms in total. The van der Waals surface area contributed by atoms with Crippen molar-refractivity contribution in [2.45, 2.75) is 25.5 Å². The first-order valence-corrected chi connectivity index (χ1v) is 9.84.